The van der Waals surface area contributed by atoms with E-state index in [9.17, 15) is 0 Å². The van der Waals surface area contributed by atoms with Gasteiger partial charge in [-0.25, -0.2) is 0 Å². The first-order valence-electron chi connectivity index (χ1n) is 5.72. The van der Waals surface area contributed by atoms with Crippen LogP contribution in [0.2, 0.25) is 0 Å². The van der Waals surface area contributed by atoms with Crippen molar-refractivity contribution < 1.29 is 0 Å². The van der Waals surface area contributed by atoms with Crippen molar-refractivity contribution >= 4 is 5.57 Å². The van der Waals surface area contributed by atoms with Crippen molar-refractivity contribution in [2.75, 3.05) is 0 Å². The van der Waals surface area contributed by atoms with Gasteiger partial charge in [0.25, 0.3) is 0 Å². The summed E-state index contributed by atoms with van der Waals surface area (Å²) >= 11 is 0. The van der Waals surface area contributed by atoms with E-state index in [-0.39, 0.29) is 0 Å². The topological polar surface area (TPSA) is 12.9 Å². The van der Waals surface area contributed by atoms with Crippen LogP contribution in [-0.4, -0.2) is 4.98 Å². The maximum atomic E-state index is 4.21. The van der Waals surface area contributed by atoms with Crippen molar-refractivity contribution in [3.63, 3.8) is 0 Å². The second-order valence-corrected chi connectivity index (χ2v) is 4.41. The predicted molar refractivity (Wildman–Crippen MR) is 64.2 cm³/mol. The molecule has 2 rings (SSSR count). The molecule has 0 aliphatic heterocycles. The lowest BCUT2D eigenvalue weighted by molar-refractivity contribution is 0.704. The lowest BCUT2D eigenvalue weighted by Gasteiger charge is -2.22. The van der Waals surface area contributed by atoms with Gasteiger partial charge in [0.15, 0.2) is 0 Å². The van der Waals surface area contributed by atoms with Gasteiger partial charge >= 0.3 is 0 Å². The fourth-order valence-corrected chi connectivity index (χ4v) is 2.32. The van der Waals surface area contributed by atoms with Gasteiger partial charge in [-0.2, -0.15) is 0 Å². The molecule has 1 radical (unpaired) electrons. The summed E-state index contributed by atoms with van der Waals surface area (Å²) < 4.78 is 0. The molecule has 0 atom stereocenters. The first-order chi connectivity index (χ1) is 7.29. The maximum absolute atomic E-state index is 4.21. The van der Waals surface area contributed by atoms with Gasteiger partial charge in [0.1, 0.15) is 0 Å². The van der Waals surface area contributed by atoms with Crippen LogP contribution in [0.5, 0.6) is 0 Å². The van der Waals surface area contributed by atoms with Gasteiger partial charge in [-0.05, 0) is 48.8 Å². The van der Waals surface area contributed by atoms with E-state index in [0.717, 1.165) is 0 Å². The summed E-state index contributed by atoms with van der Waals surface area (Å²) in [6, 6.07) is 4.20. The molecule has 0 N–H and O–H groups in total. The van der Waals surface area contributed by atoms with E-state index < -0.39 is 0 Å². The number of hydrogen-bond donors (Lipinski definition) is 0. The standard InChI is InChI=1S/C14H18N/c1-11(2)13-7-3-4-8-14(13)12-6-5-9-15-10-12/h5-6,9-10H,3-4,7-8H2,1-2H3. The Labute approximate surface area is 92.2 Å². The summed E-state index contributed by atoms with van der Waals surface area (Å²) in [5.74, 6) is 1.47. The minimum atomic E-state index is 1.21. The molecule has 0 amide bonds. The Morgan fingerprint density at radius 2 is 2.00 bits per heavy atom. The summed E-state index contributed by atoms with van der Waals surface area (Å²) in [6.45, 7) is 4.44. The third kappa shape index (κ3) is 2.28. The minimum Gasteiger partial charge on any atom is -0.264 e. The molecule has 0 bridgehead atoms. The molecular weight excluding hydrogens is 182 g/mol. The molecule has 15 heavy (non-hydrogen) atoms. The van der Waals surface area contributed by atoms with E-state index in [1.807, 2.05) is 18.5 Å². The highest BCUT2D eigenvalue weighted by molar-refractivity contribution is 5.71. The van der Waals surface area contributed by atoms with E-state index in [0.29, 0.717) is 0 Å². The molecule has 1 heteroatoms. The Kier molecular flexibility index (Phi) is 3.20. The third-order valence-corrected chi connectivity index (χ3v) is 3.08. The van der Waals surface area contributed by atoms with Crippen LogP contribution in [-0.2, 0) is 0 Å². The number of rotatable bonds is 2. The smallest absolute Gasteiger partial charge is 0.0343 e. The molecule has 79 valence electrons. The molecular formula is C14H18N. The van der Waals surface area contributed by atoms with Gasteiger partial charge in [-0.1, -0.05) is 25.5 Å². The van der Waals surface area contributed by atoms with Crippen molar-refractivity contribution in [1.29, 1.82) is 0 Å². The van der Waals surface area contributed by atoms with E-state index in [1.54, 1.807) is 5.57 Å². The SMILES string of the molecule is C[C](C)C1=C(c2cccnc2)CCCC1. The van der Waals surface area contributed by atoms with Crippen LogP contribution in [0.1, 0.15) is 45.1 Å². The molecule has 1 nitrogen and oxygen atoms in total. The van der Waals surface area contributed by atoms with Gasteiger partial charge in [0, 0.05) is 12.4 Å². The molecule has 1 aliphatic rings. The summed E-state index contributed by atoms with van der Waals surface area (Å²) in [5, 5.41) is 0. The van der Waals surface area contributed by atoms with Crippen molar-refractivity contribution in [3.8, 4) is 0 Å². The second-order valence-electron chi connectivity index (χ2n) is 4.41. The molecule has 1 aromatic heterocycles. The van der Waals surface area contributed by atoms with Crippen molar-refractivity contribution in [1.82, 2.24) is 4.98 Å². The Bertz CT molecular complexity index is 349. The zero-order valence-corrected chi connectivity index (χ0v) is 9.59. The summed E-state index contributed by atoms with van der Waals surface area (Å²) in [6.07, 6.45) is 8.95. The Morgan fingerprint density at radius 1 is 1.20 bits per heavy atom. The predicted octanol–water partition coefficient (Wildman–Crippen LogP) is 4.02. The molecule has 1 aromatic rings. The monoisotopic (exact) mass is 200 g/mol. The summed E-state index contributed by atoms with van der Waals surface area (Å²) in [4.78, 5) is 4.21. The van der Waals surface area contributed by atoms with Crippen LogP contribution >= 0.6 is 0 Å². The zero-order chi connectivity index (χ0) is 10.7. The van der Waals surface area contributed by atoms with E-state index in [1.165, 1.54) is 42.7 Å². The minimum absolute atomic E-state index is 1.21. The zero-order valence-electron chi connectivity index (χ0n) is 9.59. The number of hydrogen-bond acceptors (Lipinski definition) is 1. The number of nitrogens with zero attached hydrogens (tertiary/aromatic N) is 1. The molecule has 0 saturated heterocycles. The molecule has 1 aliphatic carbocycles. The van der Waals surface area contributed by atoms with Crippen LogP contribution in [0.25, 0.3) is 5.57 Å². The molecule has 0 spiro atoms. The van der Waals surface area contributed by atoms with Crippen LogP contribution in [0.4, 0.5) is 0 Å². The van der Waals surface area contributed by atoms with E-state index in [2.05, 4.69) is 24.9 Å². The number of aromatic nitrogens is 1. The molecule has 0 fully saturated rings. The Hall–Kier alpha value is -1.11. The van der Waals surface area contributed by atoms with Gasteiger partial charge in [-0.15, -0.1) is 0 Å². The van der Waals surface area contributed by atoms with Crippen LogP contribution in [0.15, 0.2) is 30.1 Å². The summed E-state index contributed by atoms with van der Waals surface area (Å²) in [5.41, 5.74) is 4.40. The van der Waals surface area contributed by atoms with Gasteiger partial charge < -0.3 is 0 Å². The maximum Gasteiger partial charge on any atom is 0.0343 e. The van der Waals surface area contributed by atoms with Gasteiger partial charge in [-0.3, -0.25) is 4.98 Å². The van der Waals surface area contributed by atoms with Crippen LogP contribution < -0.4 is 0 Å². The first-order valence-corrected chi connectivity index (χ1v) is 5.72. The van der Waals surface area contributed by atoms with Gasteiger partial charge in [0.2, 0.25) is 0 Å². The fourth-order valence-electron chi connectivity index (χ4n) is 2.32. The normalized spacial score (nSPS) is 17.3. The highest BCUT2D eigenvalue weighted by atomic mass is 14.6. The number of allylic oxidation sites excluding steroid dienone is 2. The fraction of sp³-hybridized carbons (Fsp3) is 0.429. The average molecular weight is 200 g/mol. The second kappa shape index (κ2) is 4.61. The van der Waals surface area contributed by atoms with Crippen molar-refractivity contribution in [3.05, 3.63) is 41.6 Å². The summed E-state index contributed by atoms with van der Waals surface area (Å²) in [7, 11) is 0. The Morgan fingerprint density at radius 3 is 2.67 bits per heavy atom. The lowest BCUT2D eigenvalue weighted by Crippen LogP contribution is -2.03. The van der Waals surface area contributed by atoms with E-state index in [4.69, 9.17) is 0 Å². The highest BCUT2D eigenvalue weighted by Gasteiger charge is 2.16. The van der Waals surface area contributed by atoms with Gasteiger partial charge in [0.05, 0.1) is 0 Å². The quantitative estimate of drug-likeness (QED) is 0.702. The Balaban J connectivity index is 2.39. The van der Waals surface area contributed by atoms with Crippen molar-refractivity contribution in [2.24, 2.45) is 0 Å². The first kappa shape index (κ1) is 10.4. The van der Waals surface area contributed by atoms with Crippen molar-refractivity contribution in [2.45, 2.75) is 39.5 Å². The largest absolute Gasteiger partial charge is 0.264 e. The molecule has 0 saturated carbocycles. The van der Waals surface area contributed by atoms with E-state index >= 15 is 0 Å². The molecule has 0 aromatic carbocycles. The molecule has 1 heterocycles. The number of pyridine rings is 1. The lowest BCUT2D eigenvalue weighted by atomic mass is 9.83. The third-order valence-electron chi connectivity index (χ3n) is 3.08. The molecule has 0 unspecified atom stereocenters. The van der Waals surface area contributed by atoms with Crippen LogP contribution in [0.3, 0.4) is 0 Å². The average Bonchev–Trinajstić information content (AvgIpc) is 2.30. The van der Waals surface area contributed by atoms with Crippen LogP contribution in [0, 0.1) is 5.92 Å². The highest BCUT2D eigenvalue weighted by Crippen LogP contribution is 2.36.